The molecule has 0 radical (unpaired) electrons. The number of hydrogen-bond acceptors (Lipinski definition) is 4. The van der Waals surface area contributed by atoms with Gasteiger partial charge in [-0.25, -0.2) is 8.42 Å². The van der Waals surface area contributed by atoms with E-state index in [9.17, 15) is 8.42 Å². The molecule has 0 spiro atoms. The average molecular weight is 367 g/mol. The summed E-state index contributed by atoms with van der Waals surface area (Å²) in [4.78, 5) is 2.74. The van der Waals surface area contributed by atoms with Gasteiger partial charge in [0.1, 0.15) is 0 Å². The van der Waals surface area contributed by atoms with E-state index in [2.05, 4.69) is 29.2 Å². The van der Waals surface area contributed by atoms with Gasteiger partial charge in [0.05, 0.1) is 16.5 Å². The van der Waals surface area contributed by atoms with Crippen LogP contribution in [-0.2, 0) is 23.1 Å². The van der Waals surface area contributed by atoms with E-state index in [1.165, 1.54) is 23.3 Å². The summed E-state index contributed by atoms with van der Waals surface area (Å²) in [7, 11) is -3.48. The van der Waals surface area contributed by atoms with Crippen LogP contribution in [0.4, 0.5) is 0 Å². The quantitative estimate of drug-likeness (QED) is 0.837. The summed E-state index contributed by atoms with van der Waals surface area (Å²) in [5.41, 5.74) is 3.25. The minimum Gasteiger partial charge on any atom is -0.292 e. The Labute approximate surface area is 154 Å². The Hall–Kier alpha value is -2.20. The van der Waals surface area contributed by atoms with Gasteiger partial charge < -0.3 is 0 Å². The van der Waals surface area contributed by atoms with Crippen molar-refractivity contribution in [1.82, 2.24) is 9.21 Å². The Morgan fingerprint density at radius 2 is 1.50 bits per heavy atom. The number of benzene rings is 2. The molecule has 0 bridgehead atoms. The highest BCUT2D eigenvalue weighted by molar-refractivity contribution is 7.89. The zero-order chi connectivity index (χ0) is 18.1. The van der Waals surface area contributed by atoms with Gasteiger partial charge in [0.15, 0.2) is 0 Å². The molecular weight excluding hydrogens is 346 g/mol. The Balaban J connectivity index is 1.41. The Bertz CT molecular complexity index is 915. The molecular formula is C20H21N3O2S. The highest BCUT2D eigenvalue weighted by Gasteiger charge is 2.33. The molecule has 0 unspecified atom stereocenters. The normalized spacial score (nSPS) is 19.2. The van der Waals surface area contributed by atoms with Gasteiger partial charge in [0.25, 0.3) is 0 Å². The molecule has 5 nitrogen and oxygen atoms in total. The van der Waals surface area contributed by atoms with E-state index in [4.69, 9.17) is 5.26 Å². The molecule has 1 fully saturated rings. The summed E-state index contributed by atoms with van der Waals surface area (Å²) >= 11 is 0. The molecule has 2 aliphatic rings. The summed E-state index contributed by atoms with van der Waals surface area (Å²) < 4.78 is 27.2. The SMILES string of the molecule is N#Cc1ccc(S(=O)(=O)N2CCC(N3Cc4ccccc4C3)CC2)cc1. The first kappa shape index (κ1) is 17.2. The van der Waals surface area contributed by atoms with Gasteiger partial charge in [0.2, 0.25) is 10.0 Å². The van der Waals surface area contributed by atoms with Crippen LogP contribution >= 0.6 is 0 Å². The monoisotopic (exact) mass is 367 g/mol. The zero-order valence-corrected chi connectivity index (χ0v) is 15.3. The topological polar surface area (TPSA) is 64.4 Å². The standard InChI is InChI=1S/C20H21N3O2S/c21-13-16-5-7-20(8-6-16)26(24,25)23-11-9-19(10-12-23)22-14-17-3-1-2-4-18(17)15-22/h1-8,19H,9-12,14-15H2. The number of nitriles is 1. The molecule has 0 saturated carbocycles. The predicted molar refractivity (Wildman–Crippen MR) is 98.6 cm³/mol. The lowest BCUT2D eigenvalue weighted by atomic mass is 10.1. The van der Waals surface area contributed by atoms with Crippen LogP contribution in [0.5, 0.6) is 0 Å². The predicted octanol–water partition coefficient (Wildman–Crippen LogP) is 2.73. The lowest BCUT2D eigenvalue weighted by Crippen LogP contribution is -2.45. The Kier molecular flexibility index (Phi) is 4.53. The van der Waals surface area contributed by atoms with Crippen LogP contribution in [0.2, 0.25) is 0 Å². The summed E-state index contributed by atoms with van der Waals surface area (Å²) in [5.74, 6) is 0. The van der Waals surface area contributed by atoms with Gasteiger partial charge in [-0.2, -0.15) is 9.57 Å². The molecule has 2 aromatic carbocycles. The molecule has 2 heterocycles. The fourth-order valence-corrected chi connectivity index (χ4v) is 5.39. The van der Waals surface area contributed by atoms with E-state index >= 15 is 0 Å². The van der Waals surface area contributed by atoms with Crippen molar-refractivity contribution in [2.24, 2.45) is 0 Å². The highest BCUT2D eigenvalue weighted by atomic mass is 32.2. The molecule has 134 valence electrons. The molecule has 4 rings (SSSR count). The third-order valence-corrected chi connectivity index (χ3v) is 7.34. The van der Waals surface area contributed by atoms with E-state index in [1.54, 1.807) is 16.4 Å². The second kappa shape index (κ2) is 6.84. The van der Waals surface area contributed by atoms with Crippen molar-refractivity contribution in [1.29, 1.82) is 5.26 Å². The third-order valence-electron chi connectivity index (χ3n) is 5.43. The average Bonchev–Trinajstić information content (AvgIpc) is 3.12. The maximum Gasteiger partial charge on any atom is 0.243 e. The van der Waals surface area contributed by atoms with E-state index in [-0.39, 0.29) is 4.90 Å². The maximum atomic E-state index is 12.8. The van der Waals surface area contributed by atoms with Crippen molar-refractivity contribution in [3.63, 3.8) is 0 Å². The highest BCUT2D eigenvalue weighted by Crippen LogP contribution is 2.29. The molecule has 2 aromatic rings. The summed E-state index contributed by atoms with van der Waals surface area (Å²) in [6.45, 7) is 3.01. The fraction of sp³-hybridized carbons (Fsp3) is 0.350. The zero-order valence-electron chi connectivity index (χ0n) is 14.5. The molecule has 0 aliphatic carbocycles. The lowest BCUT2D eigenvalue weighted by Gasteiger charge is -2.36. The summed E-state index contributed by atoms with van der Waals surface area (Å²) in [5, 5.41) is 8.86. The molecule has 0 atom stereocenters. The second-order valence-electron chi connectivity index (χ2n) is 6.95. The Morgan fingerprint density at radius 1 is 0.923 bits per heavy atom. The number of piperidine rings is 1. The first-order chi connectivity index (χ1) is 12.6. The van der Waals surface area contributed by atoms with Gasteiger partial charge in [-0.15, -0.1) is 0 Å². The maximum absolute atomic E-state index is 12.8. The van der Waals surface area contributed by atoms with Crippen LogP contribution in [0.15, 0.2) is 53.4 Å². The van der Waals surface area contributed by atoms with E-state index in [0.29, 0.717) is 24.7 Å². The number of hydrogen-bond donors (Lipinski definition) is 0. The van der Waals surface area contributed by atoms with E-state index in [1.807, 2.05) is 6.07 Å². The van der Waals surface area contributed by atoms with E-state index in [0.717, 1.165) is 25.9 Å². The molecule has 2 aliphatic heterocycles. The van der Waals surface area contributed by atoms with Crippen molar-refractivity contribution < 1.29 is 8.42 Å². The Morgan fingerprint density at radius 3 is 2.04 bits per heavy atom. The van der Waals surface area contributed by atoms with Crippen LogP contribution in [0.1, 0.15) is 29.5 Å². The summed E-state index contributed by atoms with van der Waals surface area (Å²) in [6, 6.07) is 17.1. The van der Waals surface area contributed by atoms with Gasteiger partial charge in [-0.3, -0.25) is 4.90 Å². The number of nitrogens with zero attached hydrogens (tertiary/aromatic N) is 3. The number of sulfonamides is 1. The van der Waals surface area contributed by atoms with Gasteiger partial charge in [-0.05, 0) is 48.2 Å². The van der Waals surface area contributed by atoms with Gasteiger partial charge in [0, 0.05) is 32.2 Å². The molecule has 1 saturated heterocycles. The first-order valence-corrected chi connectivity index (χ1v) is 10.3. The minimum absolute atomic E-state index is 0.267. The number of rotatable bonds is 3. The minimum atomic E-state index is -3.48. The van der Waals surface area contributed by atoms with Crippen LogP contribution in [0.3, 0.4) is 0 Å². The van der Waals surface area contributed by atoms with Crippen LogP contribution < -0.4 is 0 Å². The van der Waals surface area contributed by atoms with Crippen molar-refractivity contribution in [2.45, 2.75) is 36.9 Å². The lowest BCUT2D eigenvalue weighted by molar-refractivity contribution is 0.139. The molecule has 6 heteroatoms. The van der Waals surface area contributed by atoms with Crippen molar-refractivity contribution in [3.8, 4) is 6.07 Å². The summed E-state index contributed by atoms with van der Waals surface area (Å²) in [6.07, 6.45) is 1.70. The molecule has 0 aromatic heterocycles. The smallest absolute Gasteiger partial charge is 0.243 e. The van der Waals surface area contributed by atoms with Crippen LogP contribution in [0, 0.1) is 11.3 Å². The van der Waals surface area contributed by atoms with Gasteiger partial charge >= 0.3 is 0 Å². The van der Waals surface area contributed by atoms with Crippen LogP contribution in [0.25, 0.3) is 0 Å². The van der Waals surface area contributed by atoms with Crippen molar-refractivity contribution >= 4 is 10.0 Å². The number of fused-ring (bicyclic) bond motifs is 1. The van der Waals surface area contributed by atoms with E-state index < -0.39 is 10.0 Å². The van der Waals surface area contributed by atoms with Crippen molar-refractivity contribution in [2.75, 3.05) is 13.1 Å². The molecule has 26 heavy (non-hydrogen) atoms. The molecule has 0 N–H and O–H groups in total. The third kappa shape index (κ3) is 3.14. The first-order valence-electron chi connectivity index (χ1n) is 8.89. The van der Waals surface area contributed by atoms with Crippen molar-refractivity contribution in [3.05, 3.63) is 65.2 Å². The second-order valence-corrected chi connectivity index (χ2v) is 8.88. The molecule has 0 amide bonds. The largest absolute Gasteiger partial charge is 0.292 e. The van der Waals surface area contributed by atoms with Gasteiger partial charge in [-0.1, -0.05) is 24.3 Å². The van der Waals surface area contributed by atoms with Crippen LogP contribution in [-0.4, -0.2) is 36.8 Å². The fourth-order valence-electron chi connectivity index (χ4n) is 3.92.